The van der Waals surface area contributed by atoms with Gasteiger partial charge < -0.3 is 15.7 Å². The molecule has 0 spiro atoms. The minimum atomic E-state index is -0.376. The van der Waals surface area contributed by atoms with Crippen LogP contribution in [0, 0.1) is 0 Å². The average molecular weight is 273 g/mol. The topological polar surface area (TPSA) is 74.2 Å². The second-order valence-corrected chi connectivity index (χ2v) is 4.72. The third-order valence-electron chi connectivity index (χ3n) is 2.89. The maximum absolute atomic E-state index is 12.0. The first-order valence-electron chi connectivity index (χ1n) is 6.68. The van der Waals surface area contributed by atoms with Crippen molar-refractivity contribution >= 4 is 16.8 Å². The summed E-state index contributed by atoms with van der Waals surface area (Å²) in [6.45, 7) is 3.40. The lowest BCUT2D eigenvalue weighted by Crippen LogP contribution is -2.34. The quantitative estimate of drug-likeness (QED) is 0.685. The van der Waals surface area contributed by atoms with Gasteiger partial charge in [0.15, 0.2) is 0 Å². The van der Waals surface area contributed by atoms with Gasteiger partial charge in [-0.1, -0.05) is 6.07 Å². The normalized spacial score (nSPS) is 12.3. The Bertz CT molecular complexity index is 584. The molecule has 106 valence electrons. The minimum absolute atomic E-state index is 0.102. The maximum atomic E-state index is 12.0. The summed E-state index contributed by atoms with van der Waals surface area (Å²) in [6.07, 6.45) is 1.36. The summed E-state index contributed by atoms with van der Waals surface area (Å²) in [5.41, 5.74) is 1.50. The van der Waals surface area contributed by atoms with Crippen molar-refractivity contribution in [3.8, 4) is 0 Å². The Morgan fingerprint density at radius 3 is 3.00 bits per heavy atom. The van der Waals surface area contributed by atoms with Gasteiger partial charge in [0.1, 0.15) is 0 Å². The second kappa shape index (κ2) is 6.98. The molecule has 0 bridgehead atoms. The second-order valence-electron chi connectivity index (χ2n) is 4.72. The number of pyridine rings is 1. The number of amides is 1. The van der Waals surface area contributed by atoms with Gasteiger partial charge in [-0.05, 0) is 31.2 Å². The molecule has 0 saturated carbocycles. The summed E-state index contributed by atoms with van der Waals surface area (Å²) in [5.74, 6) is -0.102. The van der Waals surface area contributed by atoms with Crippen LogP contribution < -0.4 is 10.6 Å². The summed E-state index contributed by atoms with van der Waals surface area (Å²) >= 11 is 0. The number of carbonyl (C=O) groups excluding carboxylic acids is 1. The van der Waals surface area contributed by atoms with E-state index in [0.717, 1.165) is 10.9 Å². The highest BCUT2D eigenvalue weighted by Gasteiger charge is 2.05. The van der Waals surface area contributed by atoms with E-state index >= 15 is 0 Å². The van der Waals surface area contributed by atoms with Gasteiger partial charge in [-0.3, -0.25) is 9.78 Å². The van der Waals surface area contributed by atoms with Gasteiger partial charge in [-0.2, -0.15) is 0 Å². The Labute approximate surface area is 118 Å². The van der Waals surface area contributed by atoms with E-state index in [0.29, 0.717) is 25.2 Å². The number of aliphatic hydroxyl groups is 1. The van der Waals surface area contributed by atoms with Crippen LogP contribution in [0.1, 0.15) is 17.3 Å². The van der Waals surface area contributed by atoms with Crippen LogP contribution in [0.15, 0.2) is 36.5 Å². The largest absolute Gasteiger partial charge is 0.392 e. The van der Waals surface area contributed by atoms with Crippen LogP contribution in [0.3, 0.4) is 0 Å². The molecule has 5 nitrogen and oxygen atoms in total. The van der Waals surface area contributed by atoms with E-state index in [-0.39, 0.29) is 12.0 Å². The fourth-order valence-electron chi connectivity index (χ4n) is 1.89. The van der Waals surface area contributed by atoms with Crippen molar-refractivity contribution in [1.82, 2.24) is 15.6 Å². The first-order valence-corrected chi connectivity index (χ1v) is 6.68. The molecular formula is C15H19N3O2. The lowest BCUT2D eigenvalue weighted by atomic mass is 10.1. The molecule has 2 rings (SSSR count). The van der Waals surface area contributed by atoms with Crippen molar-refractivity contribution in [2.75, 3.05) is 19.6 Å². The number of rotatable bonds is 6. The number of hydrogen-bond acceptors (Lipinski definition) is 4. The SMILES string of the molecule is CC(O)CNCCNC(=O)c1ccc2ncccc2c1. The van der Waals surface area contributed by atoms with E-state index in [1.54, 1.807) is 19.2 Å². The summed E-state index contributed by atoms with van der Waals surface area (Å²) in [6, 6.07) is 9.23. The van der Waals surface area contributed by atoms with E-state index in [2.05, 4.69) is 15.6 Å². The summed E-state index contributed by atoms with van der Waals surface area (Å²) < 4.78 is 0. The first-order chi connectivity index (χ1) is 9.66. The molecule has 0 saturated heterocycles. The number of fused-ring (bicyclic) bond motifs is 1. The van der Waals surface area contributed by atoms with Crippen molar-refractivity contribution in [3.63, 3.8) is 0 Å². The number of hydrogen-bond donors (Lipinski definition) is 3. The van der Waals surface area contributed by atoms with Crippen LogP contribution in [0.4, 0.5) is 0 Å². The molecule has 1 aromatic heterocycles. The number of aliphatic hydroxyl groups excluding tert-OH is 1. The molecule has 0 fully saturated rings. The minimum Gasteiger partial charge on any atom is -0.392 e. The Morgan fingerprint density at radius 1 is 1.35 bits per heavy atom. The van der Waals surface area contributed by atoms with Gasteiger partial charge in [0.05, 0.1) is 11.6 Å². The Kier molecular flexibility index (Phi) is 5.03. The number of nitrogens with one attached hydrogen (secondary N) is 2. The van der Waals surface area contributed by atoms with Crippen LogP contribution in [0.5, 0.6) is 0 Å². The lowest BCUT2D eigenvalue weighted by Gasteiger charge is -2.08. The smallest absolute Gasteiger partial charge is 0.251 e. The molecule has 1 aromatic carbocycles. The van der Waals surface area contributed by atoms with E-state index in [4.69, 9.17) is 5.11 Å². The van der Waals surface area contributed by atoms with Crippen molar-refractivity contribution in [3.05, 3.63) is 42.1 Å². The zero-order valence-electron chi connectivity index (χ0n) is 11.5. The van der Waals surface area contributed by atoms with Crippen LogP contribution >= 0.6 is 0 Å². The maximum Gasteiger partial charge on any atom is 0.251 e. The number of aromatic nitrogens is 1. The Hall–Kier alpha value is -1.98. The molecule has 5 heteroatoms. The van der Waals surface area contributed by atoms with Crippen LogP contribution in [-0.2, 0) is 0 Å². The van der Waals surface area contributed by atoms with Gasteiger partial charge in [-0.15, -0.1) is 0 Å². The lowest BCUT2D eigenvalue weighted by molar-refractivity contribution is 0.0954. The van der Waals surface area contributed by atoms with Gasteiger partial charge in [0, 0.05) is 36.8 Å². The van der Waals surface area contributed by atoms with E-state index in [9.17, 15) is 4.79 Å². The highest BCUT2D eigenvalue weighted by Crippen LogP contribution is 2.12. The molecule has 1 atom stereocenters. The van der Waals surface area contributed by atoms with E-state index in [1.807, 2.05) is 24.3 Å². The monoisotopic (exact) mass is 273 g/mol. The first kappa shape index (κ1) is 14.4. The number of nitrogens with zero attached hydrogens (tertiary/aromatic N) is 1. The average Bonchev–Trinajstić information content (AvgIpc) is 2.46. The van der Waals surface area contributed by atoms with Crippen molar-refractivity contribution in [2.24, 2.45) is 0 Å². The highest BCUT2D eigenvalue weighted by atomic mass is 16.3. The van der Waals surface area contributed by atoms with E-state index < -0.39 is 0 Å². The fourth-order valence-corrected chi connectivity index (χ4v) is 1.89. The van der Waals surface area contributed by atoms with Crippen LogP contribution in [0.25, 0.3) is 10.9 Å². The molecule has 0 aliphatic heterocycles. The predicted molar refractivity (Wildman–Crippen MR) is 78.6 cm³/mol. The molecule has 20 heavy (non-hydrogen) atoms. The summed E-state index contributed by atoms with van der Waals surface area (Å²) in [4.78, 5) is 16.2. The molecule has 0 aliphatic rings. The van der Waals surface area contributed by atoms with E-state index in [1.165, 1.54) is 0 Å². The zero-order valence-corrected chi connectivity index (χ0v) is 11.5. The summed E-state index contributed by atoms with van der Waals surface area (Å²) in [7, 11) is 0. The third-order valence-corrected chi connectivity index (χ3v) is 2.89. The Morgan fingerprint density at radius 2 is 2.20 bits per heavy atom. The zero-order chi connectivity index (χ0) is 14.4. The molecular weight excluding hydrogens is 254 g/mol. The molecule has 1 heterocycles. The fraction of sp³-hybridized carbons (Fsp3) is 0.333. The van der Waals surface area contributed by atoms with Crippen molar-refractivity contribution in [2.45, 2.75) is 13.0 Å². The highest BCUT2D eigenvalue weighted by molar-refractivity contribution is 5.97. The van der Waals surface area contributed by atoms with Crippen molar-refractivity contribution in [1.29, 1.82) is 0 Å². The van der Waals surface area contributed by atoms with Gasteiger partial charge >= 0.3 is 0 Å². The molecule has 0 radical (unpaired) electrons. The van der Waals surface area contributed by atoms with Crippen LogP contribution in [0.2, 0.25) is 0 Å². The third kappa shape index (κ3) is 4.01. The molecule has 3 N–H and O–H groups in total. The van der Waals surface area contributed by atoms with Crippen LogP contribution in [-0.4, -0.2) is 41.7 Å². The molecule has 2 aromatic rings. The number of carbonyl (C=O) groups is 1. The number of benzene rings is 1. The summed E-state index contributed by atoms with van der Waals surface area (Å²) in [5, 5.41) is 15.9. The van der Waals surface area contributed by atoms with Gasteiger partial charge in [0.25, 0.3) is 5.91 Å². The van der Waals surface area contributed by atoms with Gasteiger partial charge in [0.2, 0.25) is 0 Å². The standard InChI is InChI=1S/C15H19N3O2/c1-11(19)10-16-7-8-18-15(20)13-4-5-14-12(9-13)3-2-6-17-14/h2-6,9,11,16,19H,7-8,10H2,1H3,(H,18,20). The molecule has 1 amide bonds. The predicted octanol–water partition coefficient (Wildman–Crippen LogP) is 0.935. The molecule has 1 unspecified atom stereocenters. The van der Waals surface area contributed by atoms with Gasteiger partial charge in [-0.25, -0.2) is 0 Å². The Balaban J connectivity index is 1.87. The molecule has 0 aliphatic carbocycles. The van der Waals surface area contributed by atoms with Crippen molar-refractivity contribution < 1.29 is 9.90 Å².